The van der Waals surface area contributed by atoms with E-state index in [9.17, 15) is 4.79 Å². The Morgan fingerprint density at radius 2 is 2.29 bits per heavy atom. The van der Waals surface area contributed by atoms with Crippen molar-refractivity contribution in [3.8, 4) is 0 Å². The molecule has 1 aromatic carbocycles. The molecule has 1 atom stereocenters. The standard InChI is InChI=1S/C13H12ClNO2/c1-2-3-10(15)13(16)12-7-8-6-9(14)4-5-11(8)17-12/h2,4-7,10H,1,3,15H2. The van der Waals surface area contributed by atoms with Crippen molar-refractivity contribution in [1.29, 1.82) is 0 Å². The van der Waals surface area contributed by atoms with Crippen molar-refractivity contribution >= 4 is 28.4 Å². The minimum absolute atomic E-state index is 0.225. The van der Waals surface area contributed by atoms with Crippen molar-refractivity contribution in [3.05, 3.63) is 47.7 Å². The van der Waals surface area contributed by atoms with E-state index in [0.717, 1.165) is 5.39 Å². The Labute approximate surface area is 104 Å². The number of hydrogen-bond donors (Lipinski definition) is 1. The second-order valence-electron chi connectivity index (χ2n) is 3.79. The van der Waals surface area contributed by atoms with Gasteiger partial charge in [0.1, 0.15) is 5.58 Å². The number of rotatable bonds is 4. The molecule has 0 aliphatic heterocycles. The molecule has 0 saturated heterocycles. The van der Waals surface area contributed by atoms with Crippen molar-refractivity contribution in [2.75, 3.05) is 0 Å². The molecule has 1 heterocycles. The number of carbonyl (C=O) groups is 1. The zero-order chi connectivity index (χ0) is 12.4. The number of fused-ring (bicyclic) bond motifs is 1. The van der Waals surface area contributed by atoms with Crippen LogP contribution in [0.5, 0.6) is 0 Å². The van der Waals surface area contributed by atoms with Crippen LogP contribution in [0.15, 0.2) is 41.3 Å². The quantitative estimate of drug-likeness (QED) is 0.669. The monoisotopic (exact) mass is 249 g/mol. The van der Waals surface area contributed by atoms with Gasteiger partial charge in [-0.3, -0.25) is 4.79 Å². The van der Waals surface area contributed by atoms with Gasteiger partial charge in [0.2, 0.25) is 5.78 Å². The molecule has 0 aliphatic carbocycles. The van der Waals surface area contributed by atoms with Gasteiger partial charge in [-0.25, -0.2) is 0 Å². The molecule has 0 fully saturated rings. The molecule has 0 aliphatic rings. The van der Waals surface area contributed by atoms with E-state index >= 15 is 0 Å². The lowest BCUT2D eigenvalue weighted by Gasteiger charge is -2.03. The fourth-order valence-electron chi connectivity index (χ4n) is 1.60. The maximum atomic E-state index is 11.9. The van der Waals surface area contributed by atoms with Crippen LogP contribution in [0.25, 0.3) is 11.0 Å². The Morgan fingerprint density at radius 3 is 3.00 bits per heavy atom. The highest BCUT2D eigenvalue weighted by Gasteiger charge is 2.18. The number of Topliss-reactive ketones (excluding diaryl/α,β-unsaturated/α-hetero) is 1. The van der Waals surface area contributed by atoms with Gasteiger partial charge >= 0.3 is 0 Å². The summed E-state index contributed by atoms with van der Waals surface area (Å²) in [7, 11) is 0. The molecule has 2 aromatic rings. The van der Waals surface area contributed by atoms with Crippen LogP contribution in [0, 0.1) is 0 Å². The summed E-state index contributed by atoms with van der Waals surface area (Å²) in [6.45, 7) is 3.55. The first kappa shape index (κ1) is 11.9. The third-order valence-electron chi connectivity index (χ3n) is 2.48. The van der Waals surface area contributed by atoms with Crippen molar-refractivity contribution in [1.82, 2.24) is 0 Å². The molecule has 0 spiro atoms. The summed E-state index contributed by atoms with van der Waals surface area (Å²) in [4.78, 5) is 11.9. The van der Waals surface area contributed by atoms with Crippen molar-refractivity contribution in [2.24, 2.45) is 5.73 Å². The van der Waals surface area contributed by atoms with Crippen molar-refractivity contribution in [2.45, 2.75) is 12.5 Å². The van der Waals surface area contributed by atoms with Gasteiger partial charge in [0, 0.05) is 10.4 Å². The first-order chi connectivity index (χ1) is 8.11. The van der Waals surface area contributed by atoms with Gasteiger partial charge in [-0.05, 0) is 30.7 Å². The highest BCUT2D eigenvalue weighted by atomic mass is 35.5. The average molecular weight is 250 g/mol. The fraction of sp³-hybridized carbons (Fsp3) is 0.154. The number of ketones is 1. The van der Waals surface area contributed by atoms with Gasteiger partial charge in [-0.2, -0.15) is 0 Å². The Hall–Kier alpha value is -1.58. The number of carbonyl (C=O) groups excluding carboxylic acids is 1. The Bertz CT molecular complexity index is 574. The molecule has 4 heteroatoms. The van der Waals surface area contributed by atoms with Crippen molar-refractivity contribution in [3.63, 3.8) is 0 Å². The highest BCUT2D eigenvalue weighted by molar-refractivity contribution is 6.31. The molecular weight excluding hydrogens is 238 g/mol. The molecule has 1 unspecified atom stereocenters. The maximum Gasteiger partial charge on any atom is 0.214 e. The van der Waals surface area contributed by atoms with Crippen LogP contribution in [0.2, 0.25) is 5.02 Å². The van der Waals surface area contributed by atoms with Crippen LogP contribution in [0.4, 0.5) is 0 Å². The summed E-state index contributed by atoms with van der Waals surface area (Å²) in [5, 5.41) is 1.40. The van der Waals surface area contributed by atoms with Crippen LogP contribution in [0.1, 0.15) is 17.0 Å². The van der Waals surface area contributed by atoms with E-state index in [0.29, 0.717) is 17.0 Å². The summed E-state index contributed by atoms with van der Waals surface area (Å²) in [5.41, 5.74) is 6.33. The van der Waals surface area contributed by atoms with Crippen LogP contribution >= 0.6 is 11.6 Å². The van der Waals surface area contributed by atoms with Crippen LogP contribution in [0.3, 0.4) is 0 Å². The number of benzene rings is 1. The molecule has 0 amide bonds. The first-order valence-corrected chi connectivity index (χ1v) is 5.59. The molecule has 2 rings (SSSR count). The van der Waals surface area contributed by atoms with Crippen LogP contribution < -0.4 is 5.73 Å². The molecule has 0 radical (unpaired) electrons. The lowest BCUT2D eigenvalue weighted by Crippen LogP contribution is -2.29. The van der Waals surface area contributed by atoms with Gasteiger partial charge in [0.15, 0.2) is 5.76 Å². The predicted octanol–water partition coefficient (Wildman–Crippen LogP) is 3.17. The third-order valence-corrected chi connectivity index (χ3v) is 2.71. The number of hydrogen-bond acceptors (Lipinski definition) is 3. The molecule has 1 aromatic heterocycles. The van der Waals surface area contributed by atoms with E-state index in [2.05, 4.69) is 6.58 Å². The average Bonchev–Trinajstić information content (AvgIpc) is 2.71. The summed E-state index contributed by atoms with van der Waals surface area (Å²) in [6.07, 6.45) is 2.04. The van der Waals surface area contributed by atoms with E-state index in [1.807, 2.05) is 0 Å². The third kappa shape index (κ3) is 2.40. The predicted molar refractivity (Wildman–Crippen MR) is 68.3 cm³/mol. The number of nitrogens with two attached hydrogens (primary N) is 1. The lowest BCUT2D eigenvalue weighted by atomic mass is 10.1. The summed E-state index contributed by atoms with van der Waals surface area (Å²) >= 11 is 5.86. The SMILES string of the molecule is C=CCC(N)C(=O)c1cc2cc(Cl)ccc2o1. The largest absolute Gasteiger partial charge is 0.453 e. The van der Waals surface area contributed by atoms with Crippen molar-refractivity contribution < 1.29 is 9.21 Å². The Morgan fingerprint density at radius 1 is 1.53 bits per heavy atom. The Balaban J connectivity index is 2.36. The van der Waals surface area contributed by atoms with Crippen LogP contribution in [-0.2, 0) is 0 Å². The Kier molecular flexibility index (Phi) is 3.31. The maximum absolute atomic E-state index is 11.9. The highest BCUT2D eigenvalue weighted by Crippen LogP contribution is 2.23. The summed E-state index contributed by atoms with van der Waals surface area (Å²) < 4.78 is 5.43. The second kappa shape index (κ2) is 4.73. The zero-order valence-corrected chi connectivity index (χ0v) is 9.91. The minimum Gasteiger partial charge on any atom is -0.453 e. The van der Waals surface area contributed by atoms with Gasteiger partial charge in [-0.1, -0.05) is 17.7 Å². The van der Waals surface area contributed by atoms with Gasteiger partial charge in [0.25, 0.3) is 0 Å². The van der Waals surface area contributed by atoms with E-state index in [1.165, 1.54) is 0 Å². The van der Waals surface area contributed by atoms with Gasteiger partial charge in [-0.15, -0.1) is 6.58 Å². The second-order valence-corrected chi connectivity index (χ2v) is 4.22. The van der Waals surface area contributed by atoms with Gasteiger partial charge < -0.3 is 10.2 Å². The molecule has 88 valence electrons. The molecule has 0 bridgehead atoms. The smallest absolute Gasteiger partial charge is 0.214 e. The summed E-state index contributed by atoms with van der Waals surface area (Å²) in [5.74, 6) is 0.0360. The molecule has 0 saturated carbocycles. The molecule has 3 nitrogen and oxygen atoms in total. The fourth-order valence-corrected chi connectivity index (χ4v) is 1.79. The summed E-state index contributed by atoms with van der Waals surface area (Å²) in [6, 6.07) is 6.24. The number of halogens is 1. The van der Waals surface area contributed by atoms with E-state index in [-0.39, 0.29) is 11.5 Å². The topological polar surface area (TPSA) is 56.2 Å². The zero-order valence-electron chi connectivity index (χ0n) is 9.15. The number of furan rings is 1. The molecular formula is C13H12ClNO2. The van der Waals surface area contributed by atoms with E-state index in [4.69, 9.17) is 21.8 Å². The lowest BCUT2D eigenvalue weighted by molar-refractivity contribution is 0.0937. The molecule has 2 N–H and O–H groups in total. The van der Waals surface area contributed by atoms with E-state index < -0.39 is 6.04 Å². The molecule has 17 heavy (non-hydrogen) atoms. The van der Waals surface area contributed by atoms with Crippen LogP contribution in [-0.4, -0.2) is 11.8 Å². The minimum atomic E-state index is -0.608. The first-order valence-electron chi connectivity index (χ1n) is 5.21. The van der Waals surface area contributed by atoms with Gasteiger partial charge in [0.05, 0.1) is 6.04 Å². The van der Waals surface area contributed by atoms with E-state index in [1.54, 1.807) is 30.3 Å². The normalized spacial score (nSPS) is 12.6.